The van der Waals surface area contributed by atoms with Crippen LogP contribution in [0.15, 0.2) is 48.5 Å². The Bertz CT molecular complexity index is 843. The lowest BCUT2D eigenvalue weighted by atomic mass is 10.1. The second-order valence-corrected chi connectivity index (χ2v) is 9.44. The van der Waals surface area contributed by atoms with Crippen LogP contribution in [0.25, 0.3) is 0 Å². The van der Waals surface area contributed by atoms with E-state index in [1.54, 1.807) is 24.0 Å². The van der Waals surface area contributed by atoms with E-state index < -0.39 is 6.04 Å². The van der Waals surface area contributed by atoms with Gasteiger partial charge >= 0.3 is 0 Å². The summed E-state index contributed by atoms with van der Waals surface area (Å²) in [5.41, 5.74) is 1.99. The van der Waals surface area contributed by atoms with Gasteiger partial charge in [0.15, 0.2) is 0 Å². The van der Waals surface area contributed by atoms with E-state index in [4.69, 9.17) is 23.2 Å². The summed E-state index contributed by atoms with van der Waals surface area (Å²) in [5.74, 6) is 1.07. The van der Waals surface area contributed by atoms with Crippen LogP contribution in [-0.2, 0) is 21.9 Å². The van der Waals surface area contributed by atoms with E-state index in [1.165, 1.54) is 11.8 Å². The van der Waals surface area contributed by atoms with Gasteiger partial charge in [-0.2, -0.15) is 0 Å². The lowest BCUT2D eigenvalue weighted by Gasteiger charge is -2.29. The van der Waals surface area contributed by atoms with Crippen LogP contribution in [-0.4, -0.2) is 35.1 Å². The fraction of sp³-hybridized carbons (Fsp3) is 0.391. The van der Waals surface area contributed by atoms with Crippen LogP contribution in [0.2, 0.25) is 10.0 Å². The molecule has 0 aliphatic rings. The van der Waals surface area contributed by atoms with Crippen LogP contribution >= 0.6 is 35.0 Å². The topological polar surface area (TPSA) is 49.4 Å². The number of amides is 2. The number of hydrogen-bond donors (Lipinski definition) is 1. The zero-order valence-electron chi connectivity index (χ0n) is 17.5. The molecule has 2 rings (SSSR count). The standard InChI is InChI=1S/C23H28Cl2N2O2S/c1-16(2)12-26-23(29)17(3)27(13-18-7-9-20(24)10-8-18)22(28)15-30-14-19-5-4-6-21(25)11-19/h4-11,16-17H,12-15H2,1-3H3,(H,26,29)/t17-/m1/s1. The normalized spacial score (nSPS) is 11.9. The smallest absolute Gasteiger partial charge is 0.242 e. The Morgan fingerprint density at radius 1 is 1.00 bits per heavy atom. The maximum absolute atomic E-state index is 13.0. The molecule has 2 amide bonds. The average molecular weight is 467 g/mol. The van der Waals surface area contributed by atoms with Gasteiger partial charge in [0.1, 0.15) is 6.04 Å². The predicted molar refractivity (Wildman–Crippen MR) is 127 cm³/mol. The second kappa shape index (κ2) is 12.2. The summed E-state index contributed by atoms with van der Waals surface area (Å²) in [4.78, 5) is 27.3. The van der Waals surface area contributed by atoms with Crippen molar-refractivity contribution in [2.75, 3.05) is 12.3 Å². The van der Waals surface area contributed by atoms with E-state index in [-0.39, 0.29) is 17.6 Å². The lowest BCUT2D eigenvalue weighted by molar-refractivity contribution is -0.138. The molecule has 0 fully saturated rings. The van der Waals surface area contributed by atoms with Crippen molar-refractivity contribution < 1.29 is 9.59 Å². The van der Waals surface area contributed by atoms with Gasteiger partial charge in [-0.1, -0.05) is 61.3 Å². The number of carbonyl (C=O) groups is 2. The molecule has 0 saturated heterocycles. The average Bonchev–Trinajstić information content (AvgIpc) is 2.71. The number of benzene rings is 2. The van der Waals surface area contributed by atoms with Crippen molar-refractivity contribution in [2.45, 2.75) is 39.1 Å². The molecule has 0 bridgehead atoms. The molecule has 0 aromatic heterocycles. The molecule has 0 heterocycles. The molecule has 0 radical (unpaired) electrons. The third-order valence-electron chi connectivity index (χ3n) is 4.50. The number of nitrogens with zero attached hydrogens (tertiary/aromatic N) is 1. The van der Waals surface area contributed by atoms with E-state index in [9.17, 15) is 9.59 Å². The zero-order chi connectivity index (χ0) is 22.1. The third kappa shape index (κ3) is 8.21. The van der Waals surface area contributed by atoms with Crippen LogP contribution in [0, 0.1) is 5.92 Å². The summed E-state index contributed by atoms with van der Waals surface area (Å²) >= 11 is 13.5. The summed E-state index contributed by atoms with van der Waals surface area (Å²) in [6, 6.07) is 14.4. The minimum Gasteiger partial charge on any atom is -0.354 e. The summed E-state index contributed by atoms with van der Waals surface area (Å²) in [5, 5.41) is 4.24. The molecule has 1 atom stereocenters. The van der Waals surface area contributed by atoms with Crippen molar-refractivity contribution in [1.82, 2.24) is 10.2 Å². The first-order chi connectivity index (χ1) is 14.3. The summed E-state index contributed by atoms with van der Waals surface area (Å²) in [6.07, 6.45) is 0. The third-order valence-corrected chi connectivity index (χ3v) is 5.98. The van der Waals surface area contributed by atoms with Crippen molar-refractivity contribution in [2.24, 2.45) is 5.92 Å². The summed E-state index contributed by atoms with van der Waals surface area (Å²) < 4.78 is 0. The number of carbonyl (C=O) groups excluding carboxylic acids is 2. The minimum atomic E-state index is -0.571. The first-order valence-electron chi connectivity index (χ1n) is 9.90. The largest absolute Gasteiger partial charge is 0.354 e. The Morgan fingerprint density at radius 2 is 1.70 bits per heavy atom. The summed E-state index contributed by atoms with van der Waals surface area (Å²) in [6.45, 7) is 6.77. The van der Waals surface area contributed by atoms with Gasteiger partial charge in [0, 0.05) is 28.9 Å². The van der Waals surface area contributed by atoms with Crippen LogP contribution in [0.1, 0.15) is 31.9 Å². The van der Waals surface area contributed by atoms with Crippen LogP contribution in [0.5, 0.6) is 0 Å². The Morgan fingerprint density at radius 3 is 2.33 bits per heavy atom. The fourth-order valence-corrected chi connectivity index (χ4v) is 3.98. The monoisotopic (exact) mass is 466 g/mol. The van der Waals surface area contributed by atoms with Gasteiger partial charge in [-0.05, 0) is 48.2 Å². The maximum atomic E-state index is 13.0. The van der Waals surface area contributed by atoms with E-state index >= 15 is 0 Å². The Hall–Kier alpha value is -1.69. The van der Waals surface area contributed by atoms with Crippen LogP contribution in [0.4, 0.5) is 0 Å². The van der Waals surface area contributed by atoms with Crippen molar-refractivity contribution in [3.8, 4) is 0 Å². The van der Waals surface area contributed by atoms with Gasteiger partial charge in [0.05, 0.1) is 5.75 Å². The van der Waals surface area contributed by atoms with Gasteiger partial charge < -0.3 is 10.2 Å². The number of hydrogen-bond acceptors (Lipinski definition) is 3. The SMILES string of the molecule is CC(C)CNC(=O)[C@@H](C)N(Cc1ccc(Cl)cc1)C(=O)CSCc1cccc(Cl)c1. The number of halogens is 2. The molecule has 0 spiro atoms. The highest BCUT2D eigenvalue weighted by Gasteiger charge is 2.26. The van der Waals surface area contributed by atoms with Gasteiger partial charge in [-0.3, -0.25) is 9.59 Å². The van der Waals surface area contributed by atoms with E-state index in [2.05, 4.69) is 5.32 Å². The Balaban J connectivity index is 2.05. The van der Waals surface area contributed by atoms with Crippen LogP contribution < -0.4 is 5.32 Å². The molecule has 0 unspecified atom stereocenters. The van der Waals surface area contributed by atoms with Crippen molar-refractivity contribution >= 4 is 46.8 Å². The van der Waals surface area contributed by atoms with E-state index in [0.29, 0.717) is 34.8 Å². The first-order valence-corrected chi connectivity index (χ1v) is 11.8. The highest BCUT2D eigenvalue weighted by Crippen LogP contribution is 2.19. The molecule has 162 valence electrons. The molecule has 0 aliphatic carbocycles. The van der Waals surface area contributed by atoms with E-state index in [0.717, 1.165) is 11.1 Å². The summed E-state index contributed by atoms with van der Waals surface area (Å²) in [7, 11) is 0. The molecule has 30 heavy (non-hydrogen) atoms. The van der Waals surface area contributed by atoms with Gasteiger partial charge in [-0.15, -0.1) is 11.8 Å². The quantitative estimate of drug-likeness (QED) is 0.508. The molecule has 7 heteroatoms. The molecule has 4 nitrogen and oxygen atoms in total. The molecule has 2 aromatic rings. The van der Waals surface area contributed by atoms with Crippen molar-refractivity contribution in [3.63, 3.8) is 0 Å². The van der Waals surface area contributed by atoms with Gasteiger partial charge in [0.25, 0.3) is 0 Å². The minimum absolute atomic E-state index is 0.0795. The van der Waals surface area contributed by atoms with Crippen molar-refractivity contribution in [1.29, 1.82) is 0 Å². The molecule has 1 N–H and O–H groups in total. The highest BCUT2D eigenvalue weighted by molar-refractivity contribution is 7.99. The van der Waals surface area contributed by atoms with Crippen molar-refractivity contribution in [3.05, 3.63) is 69.7 Å². The number of nitrogens with one attached hydrogen (secondary N) is 1. The molecular formula is C23H28Cl2N2O2S. The maximum Gasteiger partial charge on any atom is 0.242 e. The Kier molecular flexibility index (Phi) is 10.0. The number of rotatable bonds is 10. The molecule has 0 saturated carbocycles. The second-order valence-electron chi connectivity index (χ2n) is 7.59. The highest BCUT2D eigenvalue weighted by atomic mass is 35.5. The molecule has 0 aliphatic heterocycles. The molecular weight excluding hydrogens is 439 g/mol. The Labute approximate surface area is 193 Å². The van der Waals surface area contributed by atoms with E-state index in [1.807, 2.05) is 50.2 Å². The van der Waals surface area contributed by atoms with Gasteiger partial charge in [0.2, 0.25) is 11.8 Å². The first kappa shape index (κ1) is 24.6. The lowest BCUT2D eigenvalue weighted by Crippen LogP contribution is -2.48. The zero-order valence-corrected chi connectivity index (χ0v) is 19.9. The van der Waals surface area contributed by atoms with Crippen LogP contribution in [0.3, 0.4) is 0 Å². The predicted octanol–water partition coefficient (Wildman–Crippen LogP) is 5.42. The fourth-order valence-electron chi connectivity index (χ4n) is 2.79. The molecule has 2 aromatic carbocycles. The van der Waals surface area contributed by atoms with Gasteiger partial charge in [-0.25, -0.2) is 0 Å². The number of thioether (sulfide) groups is 1.